The summed E-state index contributed by atoms with van der Waals surface area (Å²) < 4.78 is 0. The van der Waals surface area contributed by atoms with Crippen LogP contribution in [-0.4, -0.2) is 60.9 Å². The van der Waals surface area contributed by atoms with Gasteiger partial charge in [0, 0.05) is 31.6 Å². The first-order valence-electron chi connectivity index (χ1n) is 9.65. The molecule has 3 fully saturated rings. The summed E-state index contributed by atoms with van der Waals surface area (Å²) in [5.74, 6) is 1.95. The van der Waals surface area contributed by atoms with Crippen LogP contribution >= 0.6 is 0 Å². The van der Waals surface area contributed by atoms with Crippen LogP contribution in [0.1, 0.15) is 46.5 Å². The third kappa shape index (κ3) is 3.76. The Labute approximate surface area is 146 Å². The largest absolute Gasteiger partial charge is 0.342 e. The van der Waals surface area contributed by atoms with E-state index in [1.165, 1.54) is 0 Å². The number of amides is 2. The van der Waals surface area contributed by atoms with Crippen molar-refractivity contribution in [2.75, 3.05) is 39.3 Å². The van der Waals surface area contributed by atoms with Crippen molar-refractivity contribution in [2.45, 2.75) is 46.5 Å². The molecule has 0 aromatic carbocycles. The summed E-state index contributed by atoms with van der Waals surface area (Å²) in [5, 5.41) is 3.48. The highest BCUT2D eigenvalue weighted by atomic mass is 16.2. The van der Waals surface area contributed by atoms with E-state index in [0.29, 0.717) is 6.54 Å². The quantitative estimate of drug-likeness (QED) is 0.794. The van der Waals surface area contributed by atoms with E-state index in [1.807, 2.05) is 25.7 Å². The van der Waals surface area contributed by atoms with Gasteiger partial charge in [0.05, 0.1) is 5.92 Å². The Kier molecular flexibility index (Phi) is 5.19. The molecule has 136 valence electrons. The zero-order valence-electron chi connectivity index (χ0n) is 15.5. The fourth-order valence-electron chi connectivity index (χ4n) is 4.53. The molecule has 24 heavy (non-hydrogen) atoms. The van der Waals surface area contributed by atoms with Crippen LogP contribution in [0.25, 0.3) is 0 Å². The van der Waals surface area contributed by atoms with E-state index in [0.717, 1.165) is 70.2 Å². The predicted molar refractivity (Wildman–Crippen MR) is 94.4 cm³/mol. The number of piperidine rings is 1. The van der Waals surface area contributed by atoms with Crippen LogP contribution in [0.3, 0.4) is 0 Å². The topological polar surface area (TPSA) is 52.7 Å². The number of nitrogens with zero attached hydrogens (tertiary/aromatic N) is 2. The number of likely N-dealkylation sites (tertiary alicyclic amines) is 2. The summed E-state index contributed by atoms with van der Waals surface area (Å²) in [6.07, 6.45) is 4.13. The first kappa shape index (κ1) is 17.7. The van der Waals surface area contributed by atoms with Gasteiger partial charge in [-0.3, -0.25) is 9.59 Å². The molecule has 3 atom stereocenters. The van der Waals surface area contributed by atoms with E-state index < -0.39 is 0 Å². The summed E-state index contributed by atoms with van der Waals surface area (Å²) >= 11 is 0. The molecule has 0 aliphatic carbocycles. The Morgan fingerprint density at radius 1 is 0.917 bits per heavy atom. The second kappa shape index (κ2) is 7.03. The van der Waals surface area contributed by atoms with Gasteiger partial charge in [-0.05, 0) is 50.6 Å². The Morgan fingerprint density at radius 2 is 1.54 bits per heavy atom. The van der Waals surface area contributed by atoms with E-state index in [9.17, 15) is 9.59 Å². The lowest BCUT2D eigenvalue weighted by molar-refractivity contribution is -0.145. The van der Waals surface area contributed by atoms with Gasteiger partial charge in [-0.25, -0.2) is 0 Å². The molecule has 0 radical (unpaired) electrons. The molecule has 0 aromatic heterocycles. The van der Waals surface area contributed by atoms with Gasteiger partial charge in [0.2, 0.25) is 11.8 Å². The summed E-state index contributed by atoms with van der Waals surface area (Å²) in [6.45, 7) is 11.3. The maximum absolute atomic E-state index is 13.0. The molecule has 3 rings (SSSR count). The highest BCUT2D eigenvalue weighted by Gasteiger charge is 2.37. The molecule has 0 bridgehead atoms. The lowest BCUT2D eigenvalue weighted by Gasteiger charge is -2.37. The van der Waals surface area contributed by atoms with Crippen molar-refractivity contribution in [2.24, 2.45) is 23.2 Å². The standard InChI is InChI=1S/C19H33N3O2/c1-19(2,3)18(24)22-8-4-5-16(13-22)17(23)21-9-6-14-11-20-12-15(14)7-10-21/h14-16,20H,4-13H2,1-3H3/t14-,15+,16?. The molecule has 0 saturated carbocycles. The van der Waals surface area contributed by atoms with Gasteiger partial charge in [0.1, 0.15) is 0 Å². The molecular formula is C19H33N3O2. The summed E-state index contributed by atoms with van der Waals surface area (Å²) in [7, 11) is 0. The van der Waals surface area contributed by atoms with E-state index in [1.54, 1.807) is 0 Å². The minimum absolute atomic E-state index is 0.00103. The smallest absolute Gasteiger partial charge is 0.227 e. The van der Waals surface area contributed by atoms with Crippen LogP contribution in [-0.2, 0) is 9.59 Å². The van der Waals surface area contributed by atoms with Gasteiger partial charge in [0.25, 0.3) is 0 Å². The van der Waals surface area contributed by atoms with Gasteiger partial charge in [-0.2, -0.15) is 0 Å². The van der Waals surface area contributed by atoms with Crippen LogP contribution in [0.5, 0.6) is 0 Å². The molecule has 3 saturated heterocycles. The maximum Gasteiger partial charge on any atom is 0.227 e. The number of fused-ring (bicyclic) bond motifs is 1. The zero-order chi connectivity index (χ0) is 17.3. The molecule has 3 heterocycles. The van der Waals surface area contributed by atoms with Crippen LogP contribution in [0, 0.1) is 23.2 Å². The molecule has 5 heteroatoms. The number of hydrogen-bond donors (Lipinski definition) is 1. The third-order valence-electron chi connectivity index (χ3n) is 6.03. The fraction of sp³-hybridized carbons (Fsp3) is 0.895. The van der Waals surface area contributed by atoms with Crippen molar-refractivity contribution in [1.29, 1.82) is 0 Å². The molecule has 0 aromatic rings. The number of carbonyl (C=O) groups excluding carboxylic acids is 2. The van der Waals surface area contributed by atoms with Gasteiger partial charge in [-0.15, -0.1) is 0 Å². The van der Waals surface area contributed by atoms with Crippen molar-refractivity contribution in [3.63, 3.8) is 0 Å². The van der Waals surface area contributed by atoms with Crippen LogP contribution in [0.2, 0.25) is 0 Å². The van der Waals surface area contributed by atoms with Gasteiger partial charge >= 0.3 is 0 Å². The van der Waals surface area contributed by atoms with Crippen molar-refractivity contribution in [3.8, 4) is 0 Å². The van der Waals surface area contributed by atoms with E-state index in [-0.39, 0.29) is 23.1 Å². The predicted octanol–water partition coefficient (Wildman–Crippen LogP) is 1.73. The Balaban J connectivity index is 1.59. The van der Waals surface area contributed by atoms with Gasteiger partial charge < -0.3 is 15.1 Å². The van der Waals surface area contributed by atoms with Crippen molar-refractivity contribution < 1.29 is 9.59 Å². The van der Waals surface area contributed by atoms with Crippen LogP contribution < -0.4 is 5.32 Å². The summed E-state index contributed by atoms with van der Waals surface area (Å²) in [4.78, 5) is 29.6. The van der Waals surface area contributed by atoms with Gasteiger partial charge in [-0.1, -0.05) is 20.8 Å². The molecule has 3 aliphatic rings. The Hall–Kier alpha value is -1.10. The third-order valence-corrected chi connectivity index (χ3v) is 6.03. The van der Waals surface area contributed by atoms with Crippen molar-refractivity contribution >= 4 is 11.8 Å². The lowest BCUT2D eigenvalue weighted by atomic mass is 9.90. The Morgan fingerprint density at radius 3 is 2.12 bits per heavy atom. The minimum Gasteiger partial charge on any atom is -0.342 e. The summed E-state index contributed by atoms with van der Waals surface area (Å²) in [5.41, 5.74) is -0.363. The second-order valence-corrected chi connectivity index (χ2v) is 8.92. The van der Waals surface area contributed by atoms with Gasteiger partial charge in [0.15, 0.2) is 0 Å². The molecule has 2 amide bonds. The first-order chi connectivity index (χ1) is 11.4. The average Bonchev–Trinajstić information content (AvgIpc) is 2.91. The normalized spacial score (nSPS) is 31.5. The van der Waals surface area contributed by atoms with Crippen LogP contribution in [0.15, 0.2) is 0 Å². The number of carbonyl (C=O) groups is 2. The lowest BCUT2D eigenvalue weighted by Crippen LogP contribution is -2.49. The number of nitrogens with one attached hydrogen (secondary N) is 1. The molecule has 5 nitrogen and oxygen atoms in total. The van der Waals surface area contributed by atoms with Crippen molar-refractivity contribution in [1.82, 2.24) is 15.1 Å². The molecule has 3 aliphatic heterocycles. The SMILES string of the molecule is CC(C)(C)C(=O)N1CCCC(C(=O)N2CC[C@@H]3CNC[C@@H]3CC2)C1. The van der Waals surface area contributed by atoms with E-state index >= 15 is 0 Å². The summed E-state index contributed by atoms with van der Waals surface area (Å²) in [6, 6.07) is 0. The van der Waals surface area contributed by atoms with E-state index in [2.05, 4.69) is 10.2 Å². The molecule has 1 N–H and O–H groups in total. The molecular weight excluding hydrogens is 302 g/mol. The second-order valence-electron chi connectivity index (χ2n) is 8.92. The zero-order valence-corrected chi connectivity index (χ0v) is 15.5. The average molecular weight is 335 g/mol. The fourth-order valence-corrected chi connectivity index (χ4v) is 4.53. The minimum atomic E-state index is -0.363. The number of hydrogen-bond acceptors (Lipinski definition) is 3. The van der Waals surface area contributed by atoms with E-state index in [4.69, 9.17) is 0 Å². The van der Waals surface area contributed by atoms with Crippen LogP contribution in [0.4, 0.5) is 0 Å². The molecule has 0 spiro atoms. The number of rotatable bonds is 1. The monoisotopic (exact) mass is 335 g/mol. The first-order valence-corrected chi connectivity index (χ1v) is 9.65. The molecule has 1 unspecified atom stereocenters. The maximum atomic E-state index is 13.0. The highest BCUT2D eigenvalue weighted by Crippen LogP contribution is 2.29. The highest BCUT2D eigenvalue weighted by molar-refractivity contribution is 5.84. The van der Waals surface area contributed by atoms with Crippen molar-refractivity contribution in [3.05, 3.63) is 0 Å². The Bertz CT molecular complexity index is 471.